The average molecular weight is 368 g/mol. The highest BCUT2D eigenvalue weighted by atomic mass is 35.5. The van der Waals surface area contributed by atoms with Crippen LogP contribution in [0, 0.1) is 5.82 Å². The minimum atomic E-state index is -0.470. The Morgan fingerprint density at radius 1 is 1.33 bits per heavy atom. The van der Waals surface area contributed by atoms with Crippen LogP contribution in [0.2, 0.25) is 5.02 Å². The number of benzene rings is 2. The van der Waals surface area contributed by atoms with Gasteiger partial charge in [0.2, 0.25) is 0 Å². The first kappa shape index (κ1) is 17.4. The van der Waals surface area contributed by atoms with E-state index in [0.717, 1.165) is 22.6 Å². The van der Waals surface area contributed by atoms with Crippen molar-refractivity contribution in [3.63, 3.8) is 0 Å². The molecule has 0 saturated carbocycles. The summed E-state index contributed by atoms with van der Waals surface area (Å²) in [5.41, 5.74) is 2.79. The molecule has 1 aliphatic rings. The van der Waals surface area contributed by atoms with Gasteiger partial charge in [-0.05, 0) is 48.4 Å². The molecule has 0 aromatic heterocycles. The maximum atomic E-state index is 13.4. The van der Waals surface area contributed by atoms with E-state index < -0.39 is 5.82 Å². The fraction of sp³-hybridized carbons (Fsp3) is 0.333. The van der Waals surface area contributed by atoms with Gasteiger partial charge in [0.1, 0.15) is 11.6 Å². The number of aromatic hydroxyl groups is 1. The van der Waals surface area contributed by atoms with Gasteiger partial charge in [0, 0.05) is 29.3 Å². The summed E-state index contributed by atoms with van der Waals surface area (Å²) in [6, 6.07) is 9.95. The molecule has 2 unspecified atom stereocenters. The number of phenols is 1. The first-order valence-electron chi connectivity index (χ1n) is 7.75. The summed E-state index contributed by atoms with van der Waals surface area (Å²) in [5.74, 6) is 0.846. The molecular weight excluding hydrogens is 349 g/mol. The average Bonchev–Trinajstić information content (AvgIpc) is 3.39. The van der Waals surface area contributed by atoms with E-state index in [1.165, 1.54) is 6.07 Å². The number of nitrogens with zero attached hydrogens (tertiary/aromatic N) is 1. The summed E-state index contributed by atoms with van der Waals surface area (Å²) in [6.07, 6.45) is 0. The molecule has 1 aliphatic heterocycles. The smallest absolute Gasteiger partial charge is 0.141 e. The Morgan fingerprint density at radius 3 is 2.71 bits per heavy atom. The predicted octanol–water partition coefficient (Wildman–Crippen LogP) is 4.36. The maximum Gasteiger partial charge on any atom is 0.141 e. The Labute approximate surface area is 150 Å². The van der Waals surface area contributed by atoms with Gasteiger partial charge in [-0.3, -0.25) is 0 Å². The molecule has 6 heteroatoms. The fourth-order valence-electron chi connectivity index (χ4n) is 2.68. The molecule has 24 heavy (non-hydrogen) atoms. The molecule has 128 valence electrons. The van der Waals surface area contributed by atoms with Crippen molar-refractivity contribution in [2.75, 3.05) is 17.3 Å². The minimum absolute atomic E-state index is 0.0425. The van der Waals surface area contributed by atoms with Crippen molar-refractivity contribution in [2.45, 2.75) is 24.8 Å². The van der Waals surface area contributed by atoms with Crippen LogP contribution in [0.1, 0.15) is 23.3 Å². The molecule has 2 aromatic carbocycles. The monoisotopic (exact) mass is 367 g/mol. The molecule has 0 amide bonds. The number of aliphatic hydroxyl groups excluding tert-OH is 1. The number of phenolic OH excluding ortho intramolecular Hbond substituents is 1. The molecule has 2 aromatic rings. The van der Waals surface area contributed by atoms with Crippen molar-refractivity contribution in [3.8, 4) is 5.75 Å². The summed E-state index contributed by atoms with van der Waals surface area (Å²) >= 11 is 7.75. The van der Waals surface area contributed by atoms with Crippen molar-refractivity contribution in [2.24, 2.45) is 0 Å². The van der Waals surface area contributed by atoms with Crippen molar-refractivity contribution in [1.29, 1.82) is 0 Å². The van der Waals surface area contributed by atoms with Gasteiger partial charge in [-0.15, -0.1) is 0 Å². The van der Waals surface area contributed by atoms with Crippen LogP contribution >= 0.6 is 23.4 Å². The third-order valence-electron chi connectivity index (χ3n) is 4.09. The van der Waals surface area contributed by atoms with E-state index in [0.29, 0.717) is 11.8 Å². The fourth-order valence-corrected chi connectivity index (χ4v) is 3.47. The van der Waals surface area contributed by atoms with Gasteiger partial charge in [-0.2, -0.15) is 11.8 Å². The highest BCUT2D eigenvalue weighted by molar-refractivity contribution is 8.06. The molecular formula is C18H19ClFNO2S. The number of anilines is 1. The van der Waals surface area contributed by atoms with Gasteiger partial charge in [-0.25, -0.2) is 4.39 Å². The van der Waals surface area contributed by atoms with Crippen molar-refractivity contribution in [3.05, 3.63) is 58.4 Å². The van der Waals surface area contributed by atoms with E-state index in [4.69, 9.17) is 11.6 Å². The summed E-state index contributed by atoms with van der Waals surface area (Å²) in [6.45, 7) is 2.33. The second kappa shape index (κ2) is 7.21. The number of thioether (sulfide) groups is 1. The third kappa shape index (κ3) is 3.97. The zero-order valence-corrected chi connectivity index (χ0v) is 14.8. The Balaban J connectivity index is 1.90. The lowest BCUT2D eigenvalue weighted by Crippen LogP contribution is -2.35. The Hall–Kier alpha value is -1.43. The van der Waals surface area contributed by atoms with Gasteiger partial charge >= 0.3 is 0 Å². The summed E-state index contributed by atoms with van der Waals surface area (Å²) < 4.78 is 13.4. The van der Waals surface area contributed by atoms with Crippen molar-refractivity contribution in [1.82, 2.24) is 0 Å². The lowest BCUT2D eigenvalue weighted by molar-refractivity contribution is 0.266. The van der Waals surface area contributed by atoms with Gasteiger partial charge in [0.25, 0.3) is 0 Å². The molecule has 1 heterocycles. The molecule has 0 aliphatic carbocycles. The van der Waals surface area contributed by atoms with Gasteiger partial charge in [0.05, 0.1) is 11.6 Å². The largest absolute Gasteiger partial charge is 0.508 e. The van der Waals surface area contributed by atoms with Crippen molar-refractivity contribution >= 4 is 29.1 Å². The van der Waals surface area contributed by atoms with Crippen LogP contribution in [0.3, 0.4) is 0 Å². The third-order valence-corrected chi connectivity index (χ3v) is 5.32. The summed E-state index contributed by atoms with van der Waals surface area (Å²) in [4.78, 5) is 1.95. The van der Waals surface area contributed by atoms with Crippen LogP contribution in [0.15, 0.2) is 36.4 Å². The maximum absolute atomic E-state index is 13.4. The van der Waals surface area contributed by atoms with Crippen LogP contribution < -0.4 is 4.90 Å². The molecule has 3 rings (SSSR count). The van der Waals surface area contributed by atoms with Crippen LogP contribution in [-0.4, -0.2) is 28.6 Å². The van der Waals surface area contributed by atoms with E-state index in [9.17, 15) is 14.6 Å². The van der Waals surface area contributed by atoms with Crippen molar-refractivity contribution < 1.29 is 14.6 Å². The molecule has 2 N–H and O–H groups in total. The Bertz CT molecular complexity index is 739. The number of aliphatic hydroxyl groups is 1. The Morgan fingerprint density at radius 2 is 2.08 bits per heavy atom. The molecule has 1 saturated heterocycles. The topological polar surface area (TPSA) is 43.7 Å². The first-order valence-corrected chi connectivity index (χ1v) is 9.17. The van der Waals surface area contributed by atoms with Crippen LogP contribution in [0.5, 0.6) is 5.75 Å². The second-order valence-electron chi connectivity index (χ2n) is 6.01. The number of rotatable bonds is 6. The zero-order valence-electron chi connectivity index (χ0n) is 13.2. The quantitative estimate of drug-likeness (QED) is 0.744. The normalized spacial score (nSPS) is 17.6. The number of halogens is 2. The molecule has 3 nitrogen and oxygen atoms in total. The molecule has 0 spiro atoms. The van der Waals surface area contributed by atoms with E-state index in [1.807, 2.05) is 23.6 Å². The van der Waals surface area contributed by atoms with Gasteiger partial charge in [-0.1, -0.05) is 17.7 Å². The summed E-state index contributed by atoms with van der Waals surface area (Å²) in [7, 11) is 0. The SMILES string of the molecule is CC(CO)N(Cc1cc(O)cc(C2CS2)c1)c1ccc(F)c(Cl)c1. The lowest BCUT2D eigenvalue weighted by Gasteiger charge is -2.30. The molecule has 0 bridgehead atoms. The number of hydrogen-bond acceptors (Lipinski definition) is 4. The molecule has 1 fully saturated rings. The highest BCUT2D eigenvalue weighted by Crippen LogP contribution is 2.47. The van der Waals surface area contributed by atoms with Gasteiger partial charge in [0.15, 0.2) is 0 Å². The van der Waals surface area contributed by atoms with Crippen LogP contribution in [-0.2, 0) is 6.54 Å². The summed E-state index contributed by atoms with van der Waals surface area (Å²) in [5, 5.41) is 20.1. The second-order valence-corrected chi connectivity index (χ2v) is 7.66. The predicted molar refractivity (Wildman–Crippen MR) is 97.4 cm³/mol. The highest BCUT2D eigenvalue weighted by Gasteiger charge is 2.25. The number of hydrogen-bond donors (Lipinski definition) is 2. The lowest BCUT2D eigenvalue weighted by atomic mass is 10.1. The van der Waals surface area contributed by atoms with E-state index in [-0.39, 0.29) is 23.4 Å². The molecule has 2 atom stereocenters. The van der Waals surface area contributed by atoms with Crippen LogP contribution in [0.4, 0.5) is 10.1 Å². The van der Waals surface area contributed by atoms with E-state index >= 15 is 0 Å². The standard InChI is InChI=1S/C18H19ClFNO2S/c1-11(9-22)21(14-2-3-17(20)16(19)7-14)8-12-4-13(18-10-24-18)6-15(23)5-12/h2-7,11,18,22-23H,8-10H2,1H3. The first-order chi connectivity index (χ1) is 11.5. The van der Waals surface area contributed by atoms with Gasteiger partial charge < -0.3 is 15.1 Å². The zero-order chi connectivity index (χ0) is 17.3. The minimum Gasteiger partial charge on any atom is -0.508 e. The van der Waals surface area contributed by atoms with Crippen LogP contribution in [0.25, 0.3) is 0 Å². The van der Waals surface area contributed by atoms with E-state index in [2.05, 4.69) is 6.07 Å². The molecule has 0 radical (unpaired) electrons. The Kier molecular flexibility index (Phi) is 5.23. The van der Waals surface area contributed by atoms with E-state index in [1.54, 1.807) is 24.3 Å².